The van der Waals surface area contributed by atoms with E-state index in [-0.39, 0.29) is 5.91 Å². The highest BCUT2D eigenvalue weighted by molar-refractivity contribution is 5.96. The number of carbonyl (C=O) groups is 1. The molecule has 3 rings (SSSR count). The summed E-state index contributed by atoms with van der Waals surface area (Å²) in [6.45, 7) is 7.43. The first-order valence-corrected chi connectivity index (χ1v) is 8.27. The Morgan fingerprint density at radius 2 is 1.96 bits per heavy atom. The van der Waals surface area contributed by atoms with Gasteiger partial charge in [-0.3, -0.25) is 4.79 Å². The Morgan fingerprint density at radius 1 is 1.17 bits per heavy atom. The predicted octanol–water partition coefficient (Wildman–Crippen LogP) is 2.84. The van der Waals surface area contributed by atoms with Gasteiger partial charge in [-0.1, -0.05) is 19.1 Å². The average molecular weight is 323 g/mol. The van der Waals surface area contributed by atoms with Crippen LogP contribution in [0.5, 0.6) is 0 Å². The lowest BCUT2D eigenvalue weighted by Gasteiger charge is -2.19. The molecule has 24 heavy (non-hydrogen) atoms. The van der Waals surface area contributed by atoms with Gasteiger partial charge in [-0.2, -0.15) is 9.61 Å². The van der Waals surface area contributed by atoms with E-state index in [0.717, 1.165) is 23.2 Å². The van der Waals surface area contributed by atoms with E-state index in [1.807, 2.05) is 49.1 Å². The fourth-order valence-corrected chi connectivity index (χ4v) is 2.78. The first-order valence-electron chi connectivity index (χ1n) is 8.27. The molecule has 2 aromatic heterocycles. The fraction of sp³-hybridized carbons (Fsp3) is 0.333. The average Bonchev–Trinajstić information content (AvgIpc) is 3.10. The number of rotatable bonds is 5. The second kappa shape index (κ2) is 6.78. The molecule has 0 atom stereocenters. The maximum atomic E-state index is 12.6. The molecule has 0 fully saturated rings. The van der Waals surface area contributed by atoms with Gasteiger partial charge in [0.05, 0.1) is 5.69 Å². The van der Waals surface area contributed by atoms with Crippen LogP contribution in [0, 0.1) is 0 Å². The molecule has 2 heterocycles. The van der Waals surface area contributed by atoms with Crippen molar-refractivity contribution in [1.29, 1.82) is 0 Å². The van der Waals surface area contributed by atoms with Crippen LogP contribution in [0.1, 0.15) is 36.8 Å². The van der Waals surface area contributed by atoms with Crippen LogP contribution < -0.4 is 0 Å². The zero-order chi connectivity index (χ0) is 17.1. The Hall–Kier alpha value is -2.76. The van der Waals surface area contributed by atoms with Gasteiger partial charge in [0.15, 0.2) is 5.65 Å². The van der Waals surface area contributed by atoms with Crippen molar-refractivity contribution in [3.8, 4) is 11.1 Å². The first kappa shape index (κ1) is 16.1. The van der Waals surface area contributed by atoms with E-state index in [1.165, 1.54) is 0 Å². The molecule has 0 aliphatic carbocycles. The largest absolute Gasteiger partial charge is 0.339 e. The van der Waals surface area contributed by atoms with E-state index >= 15 is 0 Å². The summed E-state index contributed by atoms with van der Waals surface area (Å²) in [6.07, 6.45) is 2.42. The van der Waals surface area contributed by atoms with Gasteiger partial charge in [0.25, 0.3) is 5.91 Å². The summed E-state index contributed by atoms with van der Waals surface area (Å²) in [7, 11) is 0. The third kappa shape index (κ3) is 2.87. The third-order valence-corrected chi connectivity index (χ3v) is 4.15. The maximum absolute atomic E-state index is 12.6. The molecule has 1 amide bonds. The van der Waals surface area contributed by atoms with E-state index in [9.17, 15) is 4.79 Å². The lowest BCUT2D eigenvalue weighted by Crippen LogP contribution is -2.30. The molecular formula is C18H21N5O. The maximum Gasteiger partial charge on any atom is 0.253 e. The first-order chi connectivity index (χ1) is 11.7. The van der Waals surface area contributed by atoms with Crippen LogP contribution in [0.15, 0.2) is 36.7 Å². The molecule has 0 radical (unpaired) electrons. The SMILES string of the molecule is CCc1cc(-c2cccc(C(=O)N(CC)CC)c2)c2nncn2n1. The Bertz CT molecular complexity index is 867. The van der Waals surface area contributed by atoms with Gasteiger partial charge in [-0.15, -0.1) is 10.2 Å². The van der Waals surface area contributed by atoms with E-state index < -0.39 is 0 Å². The molecule has 1 aromatic carbocycles. The van der Waals surface area contributed by atoms with Gasteiger partial charge in [0.1, 0.15) is 6.33 Å². The van der Waals surface area contributed by atoms with Crippen LogP contribution >= 0.6 is 0 Å². The summed E-state index contributed by atoms with van der Waals surface area (Å²) < 4.78 is 1.69. The van der Waals surface area contributed by atoms with Crippen LogP contribution in [-0.4, -0.2) is 43.7 Å². The highest BCUT2D eigenvalue weighted by Crippen LogP contribution is 2.25. The molecule has 0 saturated heterocycles. The highest BCUT2D eigenvalue weighted by Gasteiger charge is 2.15. The van der Waals surface area contributed by atoms with Crippen molar-refractivity contribution in [2.24, 2.45) is 0 Å². The highest BCUT2D eigenvalue weighted by atomic mass is 16.2. The predicted molar refractivity (Wildman–Crippen MR) is 92.8 cm³/mol. The van der Waals surface area contributed by atoms with E-state index in [2.05, 4.69) is 22.2 Å². The lowest BCUT2D eigenvalue weighted by atomic mass is 10.0. The van der Waals surface area contributed by atoms with Gasteiger partial charge in [-0.05, 0) is 44.0 Å². The van der Waals surface area contributed by atoms with Crippen LogP contribution in [0.3, 0.4) is 0 Å². The summed E-state index contributed by atoms with van der Waals surface area (Å²) in [5.41, 5.74) is 4.22. The molecule has 0 saturated carbocycles. The van der Waals surface area contributed by atoms with Crippen LogP contribution in [0.2, 0.25) is 0 Å². The molecule has 6 heteroatoms. The smallest absolute Gasteiger partial charge is 0.253 e. The molecular weight excluding hydrogens is 302 g/mol. The molecule has 0 aliphatic heterocycles. The van der Waals surface area contributed by atoms with Crippen molar-refractivity contribution in [1.82, 2.24) is 24.7 Å². The van der Waals surface area contributed by atoms with Gasteiger partial charge < -0.3 is 4.90 Å². The normalized spacial score (nSPS) is 11.0. The summed E-state index contributed by atoms with van der Waals surface area (Å²) in [6, 6.07) is 9.69. The van der Waals surface area contributed by atoms with Crippen molar-refractivity contribution in [2.75, 3.05) is 13.1 Å². The van der Waals surface area contributed by atoms with Gasteiger partial charge >= 0.3 is 0 Å². The van der Waals surface area contributed by atoms with Gasteiger partial charge in [-0.25, -0.2) is 0 Å². The molecule has 0 unspecified atom stereocenters. The van der Waals surface area contributed by atoms with Crippen molar-refractivity contribution in [3.05, 3.63) is 47.9 Å². The summed E-state index contributed by atoms with van der Waals surface area (Å²) >= 11 is 0. The summed E-state index contributed by atoms with van der Waals surface area (Å²) in [5.74, 6) is 0.0455. The van der Waals surface area contributed by atoms with Crippen molar-refractivity contribution >= 4 is 11.6 Å². The monoisotopic (exact) mass is 323 g/mol. The number of hydrogen-bond donors (Lipinski definition) is 0. The molecule has 124 valence electrons. The molecule has 6 nitrogen and oxygen atoms in total. The molecule has 0 N–H and O–H groups in total. The number of hydrogen-bond acceptors (Lipinski definition) is 4. The number of carbonyl (C=O) groups excluding carboxylic acids is 1. The second-order valence-electron chi connectivity index (χ2n) is 5.56. The fourth-order valence-electron chi connectivity index (χ4n) is 2.78. The molecule has 0 spiro atoms. The van der Waals surface area contributed by atoms with E-state index in [4.69, 9.17) is 0 Å². The van der Waals surface area contributed by atoms with E-state index in [1.54, 1.807) is 10.8 Å². The zero-order valence-corrected chi connectivity index (χ0v) is 14.2. The minimum Gasteiger partial charge on any atom is -0.339 e. The Balaban J connectivity index is 2.09. The van der Waals surface area contributed by atoms with Crippen molar-refractivity contribution < 1.29 is 4.79 Å². The van der Waals surface area contributed by atoms with Crippen LogP contribution in [0.25, 0.3) is 16.8 Å². The van der Waals surface area contributed by atoms with Crippen LogP contribution in [0.4, 0.5) is 0 Å². The number of aryl methyl sites for hydroxylation is 1. The number of fused-ring (bicyclic) bond motifs is 1. The minimum atomic E-state index is 0.0455. The lowest BCUT2D eigenvalue weighted by molar-refractivity contribution is 0.0773. The number of benzene rings is 1. The Labute approximate surface area is 141 Å². The summed E-state index contributed by atoms with van der Waals surface area (Å²) in [4.78, 5) is 14.4. The standard InChI is InChI=1S/C18H21N5O/c1-4-15-11-16(17-20-19-12-23(17)21-15)13-8-7-9-14(10-13)18(24)22(5-2)6-3/h7-12H,4-6H2,1-3H3. The molecule has 0 aliphatic rings. The number of aromatic nitrogens is 4. The van der Waals surface area contributed by atoms with Crippen LogP contribution in [-0.2, 0) is 6.42 Å². The van der Waals surface area contributed by atoms with Crippen molar-refractivity contribution in [2.45, 2.75) is 27.2 Å². The molecule has 3 aromatic rings. The minimum absolute atomic E-state index is 0.0455. The topological polar surface area (TPSA) is 63.4 Å². The quantitative estimate of drug-likeness (QED) is 0.724. The second-order valence-corrected chi connectivity index (χ2v) is 5.56. The number of amides is 1. The summed E-state index contributed by atoms with van der Waals surface area (Å²) in [5, 5.41) is 12.6. The Morgan fingerprint density at radius 3 is 2.67 bits per heavy atom. The Kier molecular flexibility index (Phi) is 4.55. The third-order valence-electron chi connectivity index (χ3n) is 4.15. The van der Waals surface area contributed by atoms with Crippen molar-refractivity contribution in [3.63, 3.8) is 0 Å². The van der Waals surface area contributed by atoms with Gasteiger partial charge in [0.2, 0.25) is 0 Å². The molecule has 0 bridgehead atoms. The zero-order valence-electron chi connectivity index (χ0n) is 14.2. The van der Waals surface area contributed by atoms with E-state index in [0.29, 0.717) is 24.3 Å². The van der Waals surface area contributed by atoms with Gasteiger partial charge in [0, 0.05) is 24.2 Å². The number of nitrogens with zero attached hydrogens (tertiary/aromatic N) is 5.